The van der Waals surface area contributed by atoms with Gasteiger partial charge in [0, 0.05) is 12.6 Å². The van der Waals surface area contributed by atoms with Gasteiger partial charge in [-0.15, -0.1) is 6.58 Å². The lowest BCUT2D eigenvalue weighted by molar-refractivity contribution is 0.0663. The molecule has 2 unspecified atom stereocenters. The Morgan fingerprint density at radius 1 is 1.40 bits per heavy atom. The fourth-order valence-corrected chi connectivity index (χ4v) is 1.40. The maximum absolute atomic E-state index is 5.66. The van der Waals surface area contributed by atoms with E-state index in [2.05, 4.69) is 32.7 Å². The van der Waals surface area contributed by atoms with Crippen LogP contribution in [-0.2, 0) is 4.74 Å². The Morgan fingerprint density at radius 3 is 2.60 bits per heavy atom. The summed E-state index contributed by atoms with van der Waals surface area (Å²) in [5.41, 5.74) is 1.19. The van der Waals surface area contributed by atoms with Gasteiger partial charge in [0.1, 0.15) is 0 Å². The lowest BCUT2D eigenvalue weighted by Crippen LogP contribution is -2.33. The van der Waals surface area contributed by atoms with Crippen molar-refractivity contribution in [3.05, 3.63) is 12.2 Å². The van der Waals surface area contributed by atoms with Crippen LogP contribution in [0.2, 0.25) is 0 Å². The van der Waals surface area contributed by atoms with E-state index < -0.39 is 0 Å². The minimum atomic E-state index is 0.295. The first kappa shape index (κ1) is 14.7. The summed E-state index contributed by atoms with van der Waals surface area (Å²) in [5.74, 6) is 0. The standard InChI is InChI=1S/C13H27NO/c1-6-7-12(4)14-10-13(5)15-9-8-11(2)3/h12-14H,2,6-10H2,1,3-5H3. The van der Waals surface area contributed by atoms with Gasteiger partial charge in [-0.05, 0) is 33.6 Å². The van der Waals surface area contributed by atoms with Crippen LogP contribution < -0.4 is 5.32 Å². The molecule has 0 aliphatic rings. The van der Waals surface area contributed by atoms with Crippen LogP contribution in [0.15, 0.2) is 12.2 Å². The Morgan fingerprint density at radius 2 is 2.07 bits per heavy atom. The maximum Gasteiger partial charge on any atom is 0.0671 e. The number of hydrogen-bond acceptors (Lipinski definition) is 2. The molecule has 0 radical (unpaired) electrons. The fourth-order valence-electron chi connectivity index (χ4n) is 1.40. The minimum Gasteiger partial charge on any atom is -0.377 e. The van der Waals surface area contributed by atoms with Crippen molar-refractivity contribution in [1.82, 2.24) is 5.32 Å². The highest BCUT2D eigenvalue weighted by molar-refractivity contribution is 4.87. The first-order valence-electron chi connectivity index (χ1n) is 6.05. The van der Waals surface area contributed by atoms with Crippen LogP contribution in [0, 0.1) is 0 Å². The number of rotatable bonds is 9. The highest BCUT2D eigenvalue weighted by atomic mass is 16.5. The van der Waals surface area contributed by atoms with Gasteiger partial charge in [0.2, 0.25) is 0 Å². The van der Waals surface area contributed by atoms with Gasteiger partial charge < -0.3 is 10.1 Å². The summed E-state index contributed by atoms with van der Waals surface area (Å²) in [4.78, 5) is 0. The second-order valence-electron chi connectivity index (χ2n) is 4.49. The largest absolute Gasteiger partial charge is 0.377 e. The van der Waals surface area contributed by atoms with Gasteiger partial charge in [0.15, 0.2) is 0 Å². The minimum absolute atomic E-state index is 0.295. The Kier molecular flexibility index (Phi) is 8.73. The predicted molar refractivity (Wildman–Crippen MR) is 67.2 cm³/mol. The van der Waals surface area contributed by atoms with Crippen LogP contribution in [-0.4, -0.2) is 25.3 Å². The van der Waals surface area contributed by atoms with Crippen molar-refractivity contribution in [2.24, 2.45) is 0 Å². The van der Waals surface area contributed by atoms with Gasteiger partial charge >= 0.3 is 0 Å². The van der Waals surface area contributed by atoms with Gasteiger partial charge in [0.25, 0.3) is 0 Å². The predicted octanol–water partition coefficient (Wildman–Crippen LogP) is 3.14. The molecular formula is C13H27NO. The lowest BCUT2D eigenvalue weighted by Gasteiger charge is -2.17. The molecular weight excluding hydrogens is 186 g/mol. The Hall–Kier alpha value is -0.340. The molecule has 0 aromatic heterocycles. The Bertz CT molecular complexity index is 168. The molecule has 0 bridgehead atoms. The van der Waals surface area contributed by atoms with E-state index in [9.17, 15) is 0 Å². The molecule has 15 heavy (non-hydrogen) atoms. The van der Waals surface area contributed by atoms with E-state index in [4.69, 9.17) is 4.74 Å². The first-order chi connectivity index (χ1) is 7.06. The molecule has 0 rings (SSSR count). The zero-order chi connectivity index (χ0) is 11.7. The van der Waals surface area contributed by atoms with Crippen LogP contribution in [0.3, 0.4) is 0 Å². The third-order valence-electron chi connectivity index (χ3n) is 2.41. The summed E-state index contributed by atoms with van der Waals surface area (Å²) in [5, 5.41) is 3.47. The van der Waals surface area contributed by atoms with Crippen LogP contribution >= 0.6 is 0 Å². The average Bonchev–Trinajstić information content (AvgIpc) is 2.14. The number of ether oxygens (including phenoxy) is 1. The molecule has 2 nitrogen and oxygen atoms in total. The van der Waals surface area contributed by atoms with E-state index in [1.54, 1.807) is 0 Å². The molecule has 0 aromatic rings. The van der Waals surface area contributed by atoms with E-state index in [-0.39, 0.29) is 0 Å². The zero-order valence-corrected chi connectivity index (χ0v) is 10.8. The number of nitrogens with one attached hydrogen (secondary N) is 1. The average molecular weight is 213 g/mol. The first-order valence-corrected chi connectivity index (χ1v) is 6.05. The topological polar surface area (TPSA) is 21.3 Å². The van der Waals surface area contributed by atoms with Gasteiger partial charge in [-0.3, -0.25) is 0 Å². The Balaban J connectivity index is 3.40. The van der Waals surface area contributed by atoms with Crippen molar-refractivity contribution in [1.29, 1.82) is 0 Å². The van der Waals surface area contributed by atoms with Gasteiger partial charge in [-0.25, -0.2) is 0 Å². The molecule has 0 spiro atoms. The highest BCUT2D eigenvalue weighted by Crippen LogP contribution is 1.99. The third kappa shape index (κ3) is 9.95. The molecule has 0 aromatic carbocycles. The van der Waals surface area contributed by atoms with Crippen molar-refractivity contribution >= 4 is 0 Å². The summed E-state index contributed by atoms with van der Waals surface area (Å²) in [6.45, 7) is 14.2. The van der Waals surface area contributed by atoms with Crippen molar-refractivity contribution < 1.29 is 4.74 Å². The monoisotopic (exact) mass is 213 g/mol. The molecule has 90 valence electrons. The molecule has 0 amide bonds. The summed E-state index contributed by atoms with van der Waals surface area (Å²) in [7, 11) is 0. The lowest BCUT2D eigenvalue weighted by atomic mass is 10.2. The molecule has 1 N–H and O–H groups in total. The molecule has 0 saturated heterocycles. The highest BCUT2D eigenvalue weighted by Gasteiger charge is 2.04. The van der Waals surface area contributed by atoms with Crippen LogP contribution in [0.4, 0.5) is 0 Å². The van der Waals surface area contributed by atoms with Crippen molar-refractivity contribution in [2.45, 2.75) is 59.1 Å². The van der Waals surface area contributed by atoms with Crippen LogP contribution in [0.1, 0.15) is 47.0 Å². The SMILES string of the molecule is C=C(C)CCOC(C)CNC(C)CCC. The number of hydrogen-bond donors (Lipinski definition) is 1. The quantitative estimate of drug-likeness (QED) is 0.594. The summed E-state index contributed by atoms with van der Waals surface area (Å²) in [6, 6.07) is 0.599. The smallest absolute Gasteiger partial charge is 0.0671 e. The molecule has 0 fully saturated rings. The third-order valence-corrected chi connectivity index (χ3v) is 2.41. The molecule has 2 heteroatoms. The fraction of sp³-hybridized carbons (Fsp3) is 0.846. The van der Waals surface area contributed by atoms with E-state index in [1.807, 2.05) is 6.92 Å². The summed E-state index contributed by atoms with van der Waals surface area (Å²) in [6.07, 6.45) is 3.73. The zero-order valence-electron chi connectivity index (χ0n) is 10.8. The molecule has 0 aliphatic carbocycles. The van der Waals surface area contributed by atoms with Gasteiger partial charge in [0.05, 0.1) is 12.7 Å². The molecule has 0 aliphatic heterocycles. The van der Waals surface area contributed by atoms with Crippen molar-refractivity contribution in [3.8, 4) is 0 Å². The molecule has 2 atom stereocenters. The molecule has 0 saturated carbocycles. The van der Waals surface area contributed by atoms with E-state index in [0.717, 1.165) is 19.6 Å². The van der Waals surface area contributed by atoms with Crippen molar-refractivity contribution in [2.75, 3.05) is 13.2 Å². The van der Waals surface area contributed by atoms with E-state index >= 15 is 0 Å². The van der Waals surface area contributed by atoms with Gasteiger partial charge in [-0.2, -0.15) is 0 Å². The van der Waals surface area contributed by atoms with Crippen molar-refractivity contribution in [3.63, 3.8) is 0 Å². The molecule has 0 heterocycles. The van der Waals surface area contributed by atoms with E-state index in [1.165, 1.54) is 18.4 Å². The van der Waals surface area contributed by atoms with Crippen LogP contribution in [0.25, 0.3) is 0 Å². The summed E-state index contributed by atoms with van der Waals surface area (Å²) < 4.78 is 5.66. The second kappa shape index (κ2) is 8.93. The van der Waals surface area contributed by atoms with Crippen LogP contribution in [0.5, 0.6) is 0 Å². The normalized spacial score (nSPS) is 14.9. The maximum atomic E-state index is 5.66. The summed E-state index contributed by atoms with van der Waals surface area (Å²) >= 11 is 0. The Labute approximate surface area is 95.1 Å². The van der Waals surface area contributed by atoms with Gasteiger partial charge in [-0.1, -0.05) is 18.9 Å². The van der Waals surface area contributed by atoms with E-state index in [0.29, 0.717) is 12.1 Å². The second-order valence-corrected chi connectivity index (χ2v) is 4.49.